The molecule has 2 heterocycles. The van der Waals surface area contributed by atoms with Crippen molar-refractivity contribution < 1.29 is 14.6 Å². The smallest absolute Gasteiger partial charge is 0.415 e. The number of aryl methyl sites for hydroxylation is 1. The van der Waals surface area contributed by atoms with Crippen LogP contribution in [0.5, 0.6) is 0 Å². The van der Waals surface area contributed by atoms with Gasteiger partial charge in [-0.1, -0.05) is 0 Å². The second-order valence-electron chi connectivity index (χ2n) is 3.87. The zero-order chi connectivity index (χ0) is 11.7. The van der Waals surface area contributed by atoms with Gasteiger partial charge in [-0.2, -0.15) is 0 Å². The molecule has 1 aromatic rings. The van der Waals surface area contributed by atoms with Gasteiger partial charge in [-0.3, -0.25) is 4.90 Å². The lowest BCUT2D eigenvalue weighted by Crippen LogP contribution is -2.25. The average Bonchev–Trinajstić information content (AvgIpc) is 2.63. The van der Waals surface area contributed by atoms with E-state index in [4.69, 9.17) is 4.74 Å². The highest BCUT2D eigenvalue weighted by molar-refractivity contribution is 5.88. The van der Waals surface area contributed by atoms with Gasteiger partial charge in [-0.15, -0.1) is 0 Å². The third-order valence-corrected chi connectivity index (χ3v) is 2.44. The van der Waals surface area contributed by atoms with E-state index in [0.717, 1.165) is 5.56 Å². The number of amides is 1. The molecule has 0 spiro atoms. The lowest BCUT2D eigenvalue weighted by molar-refractivity contribution is 0.180. The van der Waals surface area contributed by atoms with Gasteiger partial charge in [0.2, 0.25) is 0 Å². The minimum absolute atomic E-state index is 0.380. The second kappa shape index (κ2) is 4.09. The molecule has 0 bridgehead atoms. The zero-order valence-electron chi connectivity index (χ0n) is 9.30. The Kier molecular flexibility index (Phi) is 2.78. The molecule has 0 aromatic carbocycles. The van der Waals surface area contributed by atoms with E-state index in [-0.39, 0.29) is 6.09 Å². The summed E-state index contributed by atoms with van der Waals surface area (Å²) in [6.07, 6.45) is -1.02. The summed E-state index contributed by atoms with van der Waals surface area (Å²) in [5, 5.41) is 9.48. The normalized spacial score (nSPS) is 17.4. The fourth-order valence-electron chi connectivity index (χ4n) is 1.63. The largest absolute Gasteiger partial charge is 0.447 e. The molecule has 0 radical (unpaired) electrons. The van der Waals surface area contributed by atoms with Crippen molar-refractivity contribution in [1.29, 1.82) is 0 Å². The summed E-state index contributed by atoms with van der Waals surface area (Å²) in [5.74, 6) is 0.540. The lowest BCUT2D eigenvalue weighted by Gasteiger charge is -2.14. The van der Waals surface area contributed by atoms with Crippen molar-refractivity contribution in [2.24, 2.45) is 0 Å². The van der Waals surface area contributed by atoms with Gasteiger partial charge < -0.3 is 9.84 Å². The predicted molar refractivity (Wildman–Crippen MR) is 58.3 cm³/mol. The summed E-state index contributed by atoms with van der Waals surface area (Å²) >= 11 is 0. The van der Waals surface area contributed by atoms with Crippen LogP contribution in [0.2, 0.25) is 0 Å². The number of rotatable bonds is 2. The van der Waals surface area contributed by atoms with Gasteiger partial charge in [-0.05, 0) is 31.5 Å². The van der Waals surface area contributed by atoms with Crippen molar-refractivity contribution in [1.82, 2.24) is 4.98 Å². The van der Waals surface area contributed by atoms with Crippen LogP contribution in [0.1, 0.15) is 24.3 Å². The van der Waals surface area contributed by atoms with E-state index < -0.39 is 6.10 Å². The average molecular weight is 222 g/mol. The molecule has 1 N–H and O–H groups in total. The number of ether oxygens (including phenoxy) is 1. The number of hydrogen-bond acceptors (Lipinski definition) is 4. The van der Waals surface area contributed by atoms with E-state index in [1.165, 1.54) is 4.90 Å². The van der Waals surface area contributed by atoms with E-state index >= 15 is 0 Å². The number of carbonyl (C=O) groups is 1. The van der Waals surface area contributed by atoms with Gasteiger partial charge in [0.25, 0.3) is 0 Å². The van der Waals surface area contributed by atoms with Crippen LogP contribution in [0.15, 0.2) is 12.1 Å². The molecule has 5 nitrogen and oxygen atoms in total. The quantitative estimate of drug-likeness (QED) is 0.821. The number of carbonyl (C=O) groups excluding carboxylic acids is 1. The molecule has 1 unspecified atom stereocenters. The fraction of sp³-hybridized carbons (Fsp3) is 0.455. The molecule has 1 aliphatic rings. The summed E-state index contributed by atoms with van der Waals surface area (Å²) in [4.78, 5) is 17.1. The number of aromatic nitrogens is 1. The van der Waals surface area contributed by atoms with Gasteiger partial charge in [0.1, 0.15) is 12.4 Å². The van der Waals surface area contributed by atoms with Gasteiger partial charge in [0.05, 0.1) is 18.3 Å². The molecule has 1 saturated heterocycles. The Balaban J connectivity index is 2.37. The Labute approximate surface area is 93.7 Å². The van der Waals surface area contributed by atoms with Crippen molar-refractivity contribution in [3.63, 3.8) is 0 Å². The van der Waals surface area contributed by atoms with Gasteiger partial charge >= 0.3 is 6.09 Å². The van der Waals surface area contributed by atoms with E-state index in [0.29, 0.717) is 24.7 Å². The maximum atomic E-state index is 11.4. The highest BCUT2D eigenvalue weighted by Gasteiger charge is 2.25. The van der Waals surface area contributed by atoms with Crippen molar-refractivity contribution in [2.45, 2.75) is 20.0 Å². The summed E-state index contributed by atoms with van der Waals surface area (Å²) in [5.41, 5.74) is 1.52. The standard InChI is InChI=1S/C11H14N2O3/c1-7-5-9(8(2)14)12-10(6-7)13-3-4-16-11(13)15/h5-6,8,14H,3-4H2,1-2H3. The zero-order valence-corrected chi connectivity index (χ0v) is 9.30. The van der Waals surface area contributed by atoms with Gasteiger partial charge in [-0.25, -0.2) is 9.78 Å². The third kappa shape index (κ3) is 1.99. The first-order chi connectivity index (χ1) is 7.58. The van der Waals surface area contributed by atoms with Crippen molar-refractivity contribution >= 4 is 11.9 Å². The Morgan fingerprint density at radius 2 is 2.31 bits per heavy atom. The maximum Gasteiger partial charge on any atom is 0.415 e. The Morgan fingerprint density at radius 3 is 2.88 bits per heavy atom. The van der Waals surface area contributed by atoms with E-state index in [1.807, 2.05) is 6.92 Å². The SMILES string of the molecule is Cc1cc(C(C)O)nc(N2CCOC2=O)c1. The van der Waals surface area contributed by atoms with Gasteiger partial charge in [0, 0.05) is 0 Å². The molecule has 0 aliphatic carbocycles. The number of pyridine rings is 1. The molecule has 0 saturated carbocycles. The van der Waals surface area contributed by atoms with Crippen LogP contribution in [0.3, 0.4) is 0 Å². The summed E-state index contributed by atoms with van der Waals surface area (Å²) in [6.45, 7) is 4.44. The van der Waals surface area contributed by atoms with E-state index in [9.17, 15) is 9.90 Å². The second-order valence-corrected chi connectivity index (χ2v) is 3.87. The third-order valence-electron chi connectivity index (χ3n) is 2.44. The maximum absolute atomic E-state index is 11.4. The van der Waals surface area contributed by atoms with E-state index in [2.05, 4.69) is 4.98 Å². The lowest BCUT2D eigenvalue weighted by atomic mass is 10.2. The van der Waals surface area contributed by atoms with Crippen LogP contribution in [0.4, 0.5) is 10.6 Å². The van der Waals surface area contributed by atoms with E-state index in [1.54, 1.807) is 19.1 Å². The fourth-order valence-corrected chi connectivity index (χ4v) is 1.63. The first-order valence-electron chi connectivity index (χ1n) is 5.19. The molecule has 1 aliphatic heterocycles. The highest BCUT2D eigenvalue weighted by atomic mass is 16.6. The van der Waals surface area contributed by atoms with Crippen LogP contribution in [-0.2, 0) is 4.74 Å². The minimum atomic E-state index is -0.641. The number of aliphatic hydroxyl groups is 1. The molecule has 1 atom stereocenters. The monoisotopic (exact) mass is 222 g/mol. The molecule has 1 amide bonds. The number of cyclic esters (lactones) is 1. The molecular formula is C11H14N2O3. The molecule has 86 valence electrons. The molecule has 16 heavy (non-hydrogen) atoms. The molecule has 5 heteroatoms. The molecule has 1 aromatic heterocycles. The topological polar surface area (TPSA) is 62.7 Å². The predicted octanol–water partition coefficient (Wildman–Crippen LogP) is 1.40. The van der Waals surface area contributed by atoms with Crippen LogP contribution in [0.25, 0.3) is 0 Å². The number of nitrogens with zero attached hydrogens (tertiary/aromatic N) is 2. The Morgan fingerprint density at radius 1 is 1.56 bits per heavy atom. The van der Waals surface area contributed by atoms with Crippen LogP contribution >= 0.6 is 0 Å². The first kappa shape index (κ1) is 10.9. The molecular weight excluding hydrogens is 208 g/mol. The summed E-state index contributed by atoms with van der Waals surface area (Å²) in [7, 11) is 0. The van der Waals surface area contributed by atoms with Crippen molar-refractivity contribution in [2.75, 3.05) is 18.1 Å². The highest BCUT2D eigenvalue weighted by Crippen LogP contribution is 2.21. The Bertz CT molecular complexity index is 418. The summed E-state index contributed by atoms with van der Waals surface area (Å²) < 4.78 is 4.84. The van der Waals surface area contributed by atoms with Crippen molar-refractivity contribution in [3.8, 4) is 0 Å². The number of aliphatic hydroxyl groups excluding tert-OH is 1. The first-order valence-corrected chi connectivity index (χ1v) is 5.19. The van der Waals surface area contributed by atoms with Gasteiger partial charge in [0.15, 0.2) is 0 Å². The van der Waals surface area contributed by atoms with Crippen LogP contribution < -0.4 is 4.90 Å². The Hall–Kier alpha value is -1.62. The molecule has 1 fully saturated rings. The number of hydrogen-bond donors (Lipinski definition) is 1. The van der Waals surface area contributed by atoms with Crippen LogP contribution in [0, 0.1) is 6.92 Å². The molecule has 2 rings (SSSR count). The summed E-state index contributed by atoms with van der Waals surface area (Å²) in [6, 6.07) is 3.61. The van der Waals surface area contributed by atoms with Crippen molar-refractivity contribution in [3.05, 3.63) is 23.4 Å². The minimum Gasteiger partial charge on any atom is -0.447 e. The van der Waals surface area contributed by atoms with Crippen LogP contribution in [-0.4, -0.2) is 29.3 Å². The number of anilines is 1.